The molecule has 0 aliphatic carbocycles. The fourth-order valence-electron chi connectivity index (χ4n) is 3.34. The van der Waals surface area contributed by atoms with E-state index in [-0.39, 0.29) is 30.0 Å². The van der Waals surface area contributed by atoms with Gasteiger partial charge in [-0.2, -0.15) is 0 Å². The van der Waals surface area contributed by atoms with Crippen LogP contribution in [0.1, 0.15) is 30.4 Å². The number of carbonyl (C=O) groups excluding carboxylic acids is 1. The highest BCUT2D eigenvalue weighted by atomic mass is 19.3. The number of hydrogen-bond donors (Lipinski definition) is 3. The SMILES string of the molecule is C[C@@H](C(=O)Nc1ccc(F)cn1)N1CCC(F)(F)[C@@H](c2c[nH]c(=O)c(CO)c2)C1. The minimum Gasteiger partial charge on any atom is -0.391 e. The molecule has 29 heavy (non-hydrogen) atoms. The van der Waals surface area contributed by atoms with Crippen molar-refractivity contribution in [2.24, 2.45) is 0 Å². The largest absolute Gasteiger partial charge is 0.391 e. The minimum absolute atomic E-state index is 0.00333. The van der Waals surface area contributed by atoms with E-state index in [4.69, 9.17) is 0 Å². The van der Waals surface area contributed by atoms with E-state index in [0.29, 0.717) is 0 Å². The van der Waals surface area contributed by atoms with Gasteiger partial charge in [-0.05, 0) is 30.7 Å². The topological polar surface area (TPSA) is 98.3 Å². The predicted molar refractivity (Wildman–Crippen MR) is 99.2 cm³/mol. The van der Waals surface area contributed by atoms with Crippen LogP contribution in [0.3, 0.4) is 0 Å². The molecule has 3 heterocycles. The average molecular weight is 410 g/mol. The molecule has 0 bridgehead atoms. The smallest absolute Gasteiger partial charge is 0.257 e. The monoisotopic (exact) mass is 410 g/mol. The number of amides is 1. The zero-order valence-corrected chi connectivity index (χ0v) is 15.7. The van der Waals surface area contributed by atoms with E-state index in [1.165, 1.54) is 18.3 Å². The number of hydrogen-bond acceptors (Lipinski definition) is 5. The van der Waals surface area contributed by atoms with E-state index in [2.05, 4.69) is 15.3 Å². The van der Waals surface area contributed by atoms with Crippen LogP contribution in [-0.2, 0) is 11.4 Å². The van der Waals surface area contributed by atoms with E-state index in [9.17, 15) is 27.9 Å². The lowest BCUT2D eigenvalue weighted by atomic mass is 9.86. The minimum atomic E-state index is -3.03. The third kappa shape index (κ3) is 4.65. The lowest BCUT2D eigenvalue weighted by Crippen LogP contribution is -2.52. The van der Waals surface area contributed by atoms with Gasteiger partial charge in [0.25, 0.3) is 11.5 Å². The first-order valence-electron chi connectivity index (χ1n) is 9.08. The van der Waals surface area contributed by atoms with Crippen LogP contribution in [-0.4, -0.2) is 50.9 Å². The quantitative estimate of drug-likeness (QED) is 0.699. The normalized spacial score (nSPS) is 20.2. The number of H-pyrrole nitrogens is 1. The second-order valence-corrected chi connectivity index (χ2v) is 7.03. The van der Waals surface area contributed by atoms with Crippen LogP contribution in [0.25, 0.3) is 0 Å². The van der Waals surface area contributed by atoms with Crippen LogP contribution in [0.4, 0.5) is 19.0 Å². The van der Waals surface area contributed by atoms with Gasteiger partial charge in [0.2, 0.25) is 5.91 Å². The van der Waals surface area contributed by atoms with Gasteiger partial charge in [-0.1, -0.05) is 0 Å². The number of rotatable bonds is 5. The van der Waals surface area contributed by atoms with E-state index in [0.717, 1.165) is 12.3 Å². The van der Waals surface area contributed by atoms with E-state index >= 15 is 0 Å². The maximum Gasteiger partial charge on any atom is 0.257 e. The Morgan fingerprint density at radius 2 is 2.24 bits per heavy atom. The third-order valence-electron chi connectivity index (χ3n) is 5.14. The van der Waals surface area contributed by atoms with E-state index < -0.39 is 48.2 Å². The molecule has 10 heteroatoms. The van der Waals surface area contributed by atoms with Crippen molar-refractivity contribution in [2.75, 3.05) is 18.4 Å². The molecule has 0 saturated carbocycles. The number of nitrogens with one attached hydrogen (secondary N) is 2. The Labute approximate surface area is 164 Å². The van der Waals surface area contributed by atoms with Crippen LogP contribution in [0.2, 0.25) is 0 Å². The first-order chi connectivity index (χ1) is 13.7. The molecule has 2 aromatic heterocycles. The summed E-state index contributed by atoms with van der Waals surface area (Å²) < 4.78 is 42.1. The fourth-order valence-corrected chi connectivity index (χ4v) is 3.34. The van der Waals surface area contributed by atoms with Crippen molar-refractivity contribution in [1.29, 1.82) is 0 Å². The summed E-state index contributed by atoms with van der Waals surface area (Å²) in [5.41, 5.74) is -0.341. The van der Waals surface area contributed by atoms with Crippen molar-refractivity contribution in [1.82, 2.24) is 14.9 Å². The van der Waals surface area contributed by atoms with Gasteiger partial charge in [0.05, 0.1) is 24.8 Å². The van der Waals surface area contributed by atoms with E-state index in [1.54, 1.807) is 11.8 Å². The van der Waals surface area contributed by atoms with Gasteiger partial charge in [0, 0.05) is 31.3 Å². The molecular formula is C19H21F3N4O3. The molecule has 2 aromatic rings. The number of aromatic amines is 1. The molecule has 0 unspecified atom stereocenters. The third-order valence-corrected chi connectivity index (χ3v) is 5.14. The van der Waals surface area contributed by atoms with E-state index in [1.807, 2.05) is 0 Å². The lowest BCUT2D eigenvalue weighted by Gasteiger charge is -2.40. The fraction of sp³-hybridized carbons (Fsp3) is 0.421. The summed E-state index contributed by atoms with van der Waals surface area (Å²) in [6, 6.07) is 3.00. The Hall–Kier alpha value is -2.72. The molecular weight excluding hydrogens is 389 g/mol. The summed E-state index contributed by atoms with van der Waals surface area (Å²) in [5, 5.41) is 11.8. The number of carbonyl (C=O) groups is 1. The molecule has 1 saturated heterocycles. The van der Waals surface area contributed by atoms with Crippen molar-refractivity contribution < 1.29 is 23.1 Å². The molecule has 1 amide bonds. The molecule has 1 aliphatic rings. The molecule has 0 spiro atoms. The average Bonchev–Trinajstić information content (AvgIpc) is 2.69. The number of pyridine rings is 2. The summed E-state index contributed by atoms with van der Waals surface area (Å²) in [7, 11) is 0. The summed E-state index contributed by atoms with van der Waals surface area (Å²) in [6.07, 6.45) is 1.72. The van der Waals surface area contributed by atoms with Crippen LogP contribution < -0.4 is 10.9 Å². The molecule has 156 valence electrons. The van der Waals surface area contributed by atoms with Crippen molar-refractivity contribution >= 4 is 11.7 Å². The molecule has 1 aliphatic heterocycles. The van der Waals surface area contributed by atoms with Crippen LogP contribution in [0.5, 0.6) is 0 Å². The maximum atomic E-state index is 14.6. The number of aromatic nitrogens is 2. The van der Waals surface area contributed by atoms with Crippen LogP contribution >= 0.6 is 0 Å². The molecule has 2 atom stereocenters. The molecule has 3 rings (SSSR count). The molecule has 0 aromatic carbocycles. The Morgan fingerprint density at radius 3 is 2.90 bits per heavy atom. The van der Waals surface area contributed by atoms with Gasteiger partial charge in [0.15, 0.2) is 0 Å². The maximum absolute atomic E-state index is 14.6. The van der Waals surface area contributed by atoms with Gasteiger partial charge in [-0.25, -0.2) is 18.2 Å². The molecule has 1 fully saturated rings. The number of piperidine rings is 1. The summed E-state index contributed by atoms with van der Waals surface area (Å²) in [5.74, 6) is -5.12. The van der Waals surface area contributed by atoms with Crippen molar-refractivity contribution in [3.05, 3.63) is 57.9 Å². The standard InChI is InChI=1S/C19H21F3N4O3/c1-11(17(28)25-16-3-2-14(20)8-23-16)26-5-4-19(21,22)15(9-26)12-6-13(10-27)18(29)24-7-12/h2-3,6-8,11,15,27H,4-5,9-10H2,1H3,(H,24,29)(H,23,25,28)/t11-,15+/m0/s1. The summed E-state index contributed by atoms with van der Waals surface area (Å²) in [4.78, 5) is 31.8. The Bertz CT molecular complexity index is 933. The zero-order valence-electron chi connectivity index (χ0n) is 15.7. The second-order valence-electron chi connectivity index (χ2n) is 7.03. The number of alkyl halides is 2. The second kappa shape index (κ2) is 8.34. The Morgan fingerprint density at radius 1 is 1.48 bits per heavy atom. The highest BCUT2D eigenvalue weighted by Gasteiger charge is 2.46. The highest BCUT2D eigenvalue weighted by Crippen LogP contribution is 2.40. The van der Waals surface area contributed by atoms with Crippen LogP contribution in [0, 0.1) is 5.82 Å². The molecule has 7 nitrogen and oxygen atoms in total. The Balaban J connectivity index is 1.76. The van der Waals surface area contributed by atoms with Gasteiger partial charge in [-0.15, -0.1) is 0 Å². The zero-order chi connectivity index (χ0) is 21.2. The molecule has 3 N–H and O–H groups in total. The number of nitrogens with zero attached hydrogens (tertiary/aromatic N) is 2. The number of aliphatic hydroxyl groups is 1. The summed E-state index contributed by atoms with van der Waals surface area (Å²) >= 11 is 0. The van der Waals surface area contributed by atoms with Crippen molar-refractivity contribution in [3.8, 4) is 0 Å². The van der Waals surface area contributed by atoms with Gasteiger partial charge >= 0.3 is 0 Å². The Kier molecular flexibility index (Phi) is 6.04. The number of aliphatic hydroxyl groups excluding tert-OH is 1. The van der Waals surface area contributed by atoms with Gasteiger partial charge in [0.1, 0.15) is 11.6 Å². The molecule has 0 radical (unpaired) electrons. The lowest BCUT2D eigenvalue weighted by molar-refractivity contribution is -0.125. The van der Waals surface area contributed by atoms with Gasteiger partial charge < -0.3 is 15.4 Å². The summed E-state index contributed by atoms with van der Waals surface area (Å²) in [6.45, 7) is 0.917. The number of halogens is 3. The first kappa shape index (κ1) is 21.0. The van der Waals surface area contributed by atoms with Gasteiger partial charge in [-0.3, -0.25) is 14.5 Å². The first-order valence-corrected chi connectivity index (χ1v) is 9.08. The van der Waals surface area contributed by atoms with Crippen LogP contribution in [0.15, 0.2) is 35.4 Å². The van der Waals surface area contributed by atoms with Crippen molar-refractivity contribution in [2.45, 2.75) is 37.8 Å². The highest BCUT2D eigenvalue weighted by molar-refractivity contribution is 5.93. The van der Waals surface area contributed by atoms with Crippen molar-refractivity contribution in [3.63, 3.8) is 0 Å². The predicted octanol–water partition coefficient (Wildman–Crippen LogP) is 1.85. The number of likely N-dealkylation sites (tertiary alicyclic amines) is 1. The number of anilines is 1.